The molecule has 0 amide bonds. The molecule has 1 aliphatic rings. The van der Waals surface area contributed by atoms with Crippen molar-refractivity contribution >= 4 is 5.97 Å². The van der Waals surface area contributed by atoms with E-state index in [9.17, 15) is 4.79 Å². The number of hydrogen-bond acceptors (Lipinski definition) is 1. The summed E-state index contributed by atoms with van der Waals surface area (Å²) in [5.41, 5.74) is 0. The Morgan fingerprint density at radius 3 is 2.75 bits per heavy atom. The lowest BCUT2D eigenvalue weighted by Gasteiger charge is -1.90. The van der Waals surface area contributed by atoms with E-state index < -0.39 is 5.97 Å². The molecular weight excluding hydrogens is 152 g/mol. The van der Waals surface area contributed by atoms with Crippen LogP contribution in [0.3, 0.4) is 0 Å². The van der Waals surface area contributed by atoms with Crippen molar-refractivity contribution in [1.29, 1.82) is 0 Å². The Kier molecular flexibility index (Phi) is 3.85. The van der Waals surface area contributed by atoms with E-state index in [1.165, 1.54) is 19.3 Å². The summed E-state index contributed by atoms with van der Waals surface area (Å²) in [6.07, 6.45) is 10.3. The number of hydrogen-bond donors (Lipinski definition) is 1. The number of carbonyl (C=O) groups is 1. The van der Waals surface area contributed by atoms with Crippen LogP contribution in [0.1, 0.15) is 38.5 Å². The Bertz CT molecular complexity index is 169. The molecule has 12 heavy (non-hydrogen) atoms. The van der Waals surface area contributed by atoms with Gasteiger partial charge in [0.05, 0.1) is 0 Å². The van der Waals surface area contributed by atoms with Crippen LogP contribution in [0.25, 0.3) is 0 Å². The second-order valence-electron chi connectivity index (χ2n) is 3.44. The van der Waals surface area contributed by atoms with Gasteiger partial charge in [-0.05, 0) is 38.0 Å². The maximum absolute atomic E-state index is 10.1. The molecule has 0 aromatic heterocycles. The summed E-state index contributed by atoms with van der Waals surface area (Å²) in [5, 5.41) is 8.34. The number of carboxylic acid groups (broad SMARTS) is 1. The van der Waals surface area contributed by atoms with E-state index in [1.807, 2.05) is 0 Å². The third kappa shape index (κ3) is 4.94. The number of carboxylic acids is 1. The minimum absolute atomic E-state index is 0.299. The largest absolute Gasteiger partial charge is 0.481 e. The van der Waals surface area contributed by atoms with E-state index in [0.717, 1.165) is 18.8 Å². The van der Waals surface area contributed by atoms with Crippen molar-refractivity contribution in [3.8, 4) is 0 Å². The number of rotatable bonds is 6. The summed E-state index contributed by atoms with van der Waals surface area (Å²) >= 11 is 0. The lowest BCUT2D eigenvalue weighted by Crippen LogP contribution is -1.92. The standard InChI is InChI=1S/C10H16O2/c11-10(12)6-4-2-1-3-5-9-7-8-9/h1,3,9H,2,4-8H2,(H,11,12). The number of unbranched alkanes of at least 4 members (excludes halogenated alkanes) is 1. The Morgan fingerprint density at radius 1 is 1.42 bits per heavy atom. The van der Waals surface area contributed by atoms with Gasteiger partial charge < -0.3 is 5.11 Å². The zero-order valence-electron chi connectivity index (χ0n) is 7.33. The van der Waals surface area contributed by atoms with Gasteiger partial charge in [0.2, 0.25) is 0 Å². The van der Waals surface area contributed by atoms with Crippen LogP contribution in [0.4, 0.5) is 0 Å². The predicted molar refractivity (Wildman–Crippen MR) is 48.0 cm³/mol. The third-order valence-corrected chi connectivity index (χ3v) is 2.09. The maximum atomic E-state index is 10.1. The normalized spacial score (nSPS) is 17.0. The highest BCUT2D eigenvalue weighted by Gasteiger charge is 2.18. The molecule has 1 N–H and O–H groups in total. The summed E-state index contributed by atoms with van der Waals surface area (Å²) in [4.78, 5) is 10.1. The van der Waals surface area contributed by atoms with Crippen molar-refractivity contribution in [2.75, 3.05) is 0 Å². The van der Waals surface area contributed by atoms with E-state index in [0.29, 0.717) is 6.42 Å². The van der Waals surface area contributed by atoms with E-state index >= 15 is 0 Å². The Morgan fingerprint density at radius 2 is 2.17 bits per heavy atom. The summed E-state index contributed by atoms with van der Waals surface area (Å²) < 4.78 is 0. The molecule has 2 heteroatoms. The topological polar surface area (TPSA) is 37.3 Å². The SMILES string of the molecule is O=C(O)CCCC=CCC1CC1. The third-order valence-electron chi connectivity index (χ3n) is 2.09. The maximum Gasteiger partial charge on any atom is 0.303 e. The molecule has 68 valence electrons. The minimum Gasteiger partial charge on any atom is -0.481 e. The molecule has 1 saturated carbocycles. The van der Waals surface area contributed by atoms with Crippen molar-refractivity contribution in [2.24, 2.45) is 5.92 Å². The Balaban J connectivity index is 1.86. The van der Waals surface area contributed by atoms with Crippen molar-refractivity contribution in [2.45, 2.75) is 38.5 Å². The zero-order chi connectivity index (χ0) is 8.81. The molecule has 0 spiro atoms. The first-order chi connectivity index (χ1) is 5.79. The fourth-order valence-corrected chi connectivity index (χ4v) is 1.13. The average molecular weight is 168 g/mol. The van der Waals surface area contributed by atoms with Gasteiger partial charge in [-0.3, -0.25) is 4.79 Å². The highest BCUT2D eigenvalue weighted by atomic mass is 16.4. The molecule has 0 bridgehead atoms. The molecule has 1 fully saturated rings. The lowest BCUT2D eigenvalue weighted by atomic mass is 10.2. The summed E-state index contributed by atoms with van der Waals surface area (Å²) in [6.45, 7) is 0. The number of allylic oxidation sites excluding steroid dienone is 2. The first-order valence-corrected chi connectivity index (χ1v) is 4.66. The van der Waals surface area contributed by atoms with E-state index in [4.69, 9.17) is 5.11 Å². The highest BCUT2D eigenvalue weighted by molar-refractivity contribution is 5.66. The smallest absolute Gasteiger partial charge is 0.303 e. The Labute approximate surface area is 73.3 Å². The fourth-order valence-electron chi connectivity index (χ4n) is 1.13. The minimum atomic E-state index is -0.689. The van der Waals surface area contributed by atoms with Crippen LogP contribution >= 0.6 is 0 Å². The van der Waals surface area contributed by atoms with Crippen molar-refractivity contribution < 1.29 is 9.90 Å². The molecule has 0 saturated heterocycles. The first kappa shape index (κ1) is 9.30. The van der Waals surface area contributed by atoms with Crippen LogP contribution in [0, 0.1) is 5.92 Å². The van der Waals surface area contributed by atoms with E-state index in [-0.39, 0.29) is 0 Å². The molecule has 0 aromatic rings. The Hall–Kier alpha value is -0.790. The molecule has 2 nitrogen and oxygen atoms in total. The van der Waals surface area contributed by atoms with Gasteiger partial charge >= 0.3 is 5.97 Å². The molecule has 0 unspecified atom stereocenters. The second-order valence-corrected chi connectivity index (χ2v) is 3.44. The van der Waals surface area contributed by atoms with Crippen LogP contribution in [0.5, 0.6) is 0 Å². The fraction of sp³-hybridized carbons (Fsp3) is 0.700. The molecule has 0 aliphatic heterocycles. The van der Waals surface area contributed by atoms with Crippen LogP contribution in [-0.4, -0.2) is 11.1 Å². The van der Waals surface area contributed by atoms with Gasteiger partial charge in [0.25, 0.3) is 0 Å². The van der Waals surface area contributed by atoms with Gasteiger partial charge in [0, 0.05) is 6.42 Å². The monoisotopic (exact) mass is 168 g/mol. The van der Waals surface area contributed by atoms with Gasteiger partial charge in [0.1, 0.15) is 0 Å². The molecule has 0 heterocycles. The number of aliphatic carboxylic acids is 1. The van der Waals surface area contributed by atoms with Gasteiger partial charge in [-0.25, -0.2) is 0 Å². The van der Waals surface area contributed by atoms with Crippen LogP contribution in [0.2, 0.25) is 0 Å². The summed E-state index contributed by atoms with van der Waals surface area (Å²) in [5.74, 6) is 0.256. The van der Waals surface area contributed by atoms with Crippen LogP contribution < -0.4 is 0 Å². The molecule has 0 atom stereocenters. The van der Waals surface area contributed by atoms with E-state index in [2.05, 4.69) is 12.2 Å². The summed E-state index contributed by atoms with van der Waals surface area (Å²) in [7, 11) is 0. The second kappa shape index (κ2) is 4.96. The zero-order valence-corrected chi connectivity index (χ0v) is 7.33. The van der Waals surface area contributed by atoms with Gasteiger partial charge in [-0.1, -0.05) is 12.2 Å². The molecular formula is C10H16O2. The molecule has 0 aromatic carbocycles. The molecule has 1 rings (SSSR count). The quantitative estimate of drug-likeness (QED) is 0.489. The average Bonchev–Trinajstić information content (AvgIpc) is 2.79. The summed E-state index contributed by atoms with van der Waals surface area (Å²) in [6, 6.07) is 0. The first-order valence-electron chi connectivity index (χ1n) is 4.66. The van der Waals surface area contributed by atoms with Crippen LogP contribution in [-0.2, 0) is 4.79 Å². The van der Waals surface area contributed by atoms with Crippen molar-refractivity contribution in [3.05, 3.63) is 12.2 Å². The highest BCUT2D eigenvalue weighted by Crippen LogP contribution is 2.32. The molecule has 1 aliphatic carbocycles. The van der Waals surface area contributed by atoms with Crippen molar-refractivity contribution in [3.63, 3.8) is 0 Å². The predicted octanol–water partition coefficient (Wildman–Crippen LogP) is 2.60. The molecule has 0 radical (unpaired) electrons. The van der Waals surface area contributed by atoms with Gasteiger partial charge in [-0.2, -0.15) is 0 Å². The van der Waals surface area contributed by atoms with Crippen LogP contribution in [0.15, 0.2) is 12.2 Å². The van der Waals surface area contributed by atoms with Crippen molar-refractivity contribution in [1.82, 2.24) is 0 Å². The lowest BCUT2D eigenvalue weighted by molar-refractivity contribution is -0.137. The van der Waals surface area contributed by atoms with Gasteiger partial charge in [0.15, 0.2) is 0 Å². The van der Waals surface area contributed by atoms with E-state index in [1.54, 1.807) is 0 Å². The van der Waals surface area contributed by atoms with Gasteiger partial charge in [-0.15, -0.1) is 0 Å².